The first-order chi connectivity index (χ1) is 29.5. The number of ether oxygens (including phenoxy) is 1. The lowest BCUT2D eigenvalue weighted by atomic mass is 10.0. The quantitative estimate of drug-likeness (QED) is 0.104. The topological polar surface area (TPSA) is 196 Å². The Hall–Kier alpha value is -6.54. The largest absolute Gasteiger partial charge is 0.503 e. The molecule has 0 bridgehead atoms. The number of likely N-dealkylation sites (N-methyl/N-ethyl adjacent to an activating group) is 2. The monoisotopic (exact) mass is 862 g/mol. The lowest BCUT2D eigenvalue weighted by Crippen LogP contribution is -2.45. The van der Waals surface area contributed by atoms with E-state index in [-0.39, 0.29) is 65.0 Å². The summed E-state index contributed by atoms with van der Waals surface area (Å²) in [6.45, 7) is 3.27. The van der Waals surface area contributed by atoms with Gasteiger partial charge in [-0.2, -0.15) is 0 Å². The summed E-state index contributed by atoms with van der Waals surface area (Å²) >= 11 is 0. The molecule has 62 heavy (non-hydrogen) atoms. The van der Waals surface area contributed by atoms with Gasteiger partial charge in [-0.05, 0) is 38.4 Å². The molecule has 0 fully saturated rings. The number of carbonyl (C=O) groups is 4. The molecule has 2 aromatic heterocycles. The van der Waals surface area contributed by atoms with Crippen LogP contribution in [0, 0.1) is 23.3 Å². The third-order valence-electron chi connectivity index (χ3n) is 11.8. The molecule has 0 radical (unpaired) electrons. The molecule has 5 N–H and O–H groups in total. The van der Waals surface area contributed by atoms with Gasteiger partial charge in [0.05, 0.1) is 35.6 Å². The molecular formula is C42H42F4N8O8. The van der Waals surface area contributed by atoms with Gasteiger partial charge in [-0.3, -0.25) is 34.1 Å². The fourth-order valence-electron chi connectivity index (χ4n) is 9.16. The summed E-state index contributed by atoms with van der Waals surface area (Å²) in [5.74, 6) is -8.14. The number of amides is 4. The van der Waals surface area contributed by atoms with E-state index < -0.39 is 112 Å². The molecule has 4 aliphatic rings. The normalized spacial score (nSPS) is 20.3. The molecular weight excluding hydrogens is 821 g/mol. The van der Waals surface area contributed by atoms with Crippen molar-refractivity contribution in [3.05, 3.63) is 125 Å². The van der Waals surface area contributed by atoms with Crippen molar-refractivity contribution in [2.45, 2.75) is 70.2 Å². The summed E-state index contributed by atoms with van der Waals surface area (Å²) in [6.07, 6.45) is -0.682. The predicted octanol–water partition coefficient (Wildman–Crippen LogP) is 2.90. The van der Waals surface area contributed by atoms with Gasteiger partial charge in [0, 0.05) is 63.5 Å². The number of nitrogens with zero attached hydrogens (tertiary/aromatic N) is 4. The first kappa shape index (κ1) is 42.2. The van der Waals surface area contributed by atoms with Crippen molar-refractivity contribution >= 4 is 23.6 Å². The van der Waals surface area contributed by atoms with Gasteiger partial charge in [0.2, 0.25) is 10.9 Å². The summed E-state index contributed by atoms with van der Waals surface area (Å²) in [5.41, 5.74) is -3.42. The number of halogens is 4. The van der Waals surface area contributed by atoms with Crippen molar-refractivity contribution < 1.29 is 46.6 Å². The summed E-state index contributed by atoms with van der Waals surface area (Å²) < 4.78 is 65.7. The van der Waals surface area contributed by atoms with Crippen molar-refractivity contribution in [3.8, 4) is 11.5 Å². The zero-order chi connectivity index (χ0) is 44.5. The van der Waals surface area contributed by atoms with Crippen molar-refractivity contribution in [2.24, 2.45) is 0 Å². The molecule has 0 saturated carbocycles. The summed E-state index contributed by atoms with van der Waals surface area (Å²) in [4.78, 5) is 86.6. The number of carbonyl (C=O) groups excluding carboxylic acids is 4. The highest BCUT2D eigenvalue weighted by Crippen LogP contribution is 2.44. The highest BCUT2D eigenvalue weighted by molar-refractivity contribution is 6.01. The van der Waals surface area contributed by atoms with Crippen LogP contribution in [0.3, 0.4) is 0 Å². The lowest BCUT2D eigenvalue weighted by Gasteiger charge is -2.33. The van der Waals surface area contributed by atoms with Gasteiger partial charge in [0.25, 0.3) is 23.6 Å². The Morgan fingerprint density at radius 1 is 0.758 bits per heavy atom. The third-order valence-corrected chi connectivity index (χ3v) is 11.8. The van der Waals surface area contributed by atoms with Gasteiger partial charge in [-0.15, -0.1) is 0 Å². The first-order valence-electron chi connectivity index (χ1n) is 20.0. The first-order valence-corrected chi connectivity index (χ1v) is 20.0. The maximum absolute atomic E-state index is 14.7. The average Bonchev–Trinajstić information content (AvgIpc) is 3.73. The van der Waals surface area contributed by atoms with E-state index in [1.165, 1.54) is 28.3 Å². The molecule has 6 heterocycles. The molecule has 4 aliphatic heterocycles. The number of nitrogens with one attached hydrogen (secondary N) is 4. The highest BCUT2D eigenvalue weighted by Gasteiger charge is 2.47. The highest BCUT2D eigenvalue weighted by atomic mass is 19.1. The number of hydrogen-bond acceptors (Lipinski definition) is 10. The molecule has 2 aromatic carbocycles. The van der Waals surface area contributed by atoms with Crippen LogP contribution in [0.5, 0.6) is 11.5 Å². The molecule has 0 aliphatic carbocycles. The van der Waals surface area contributed by atoms with Crippen molar-refractivity contribution in [3.63, 3.8) is 0 Å². The van der Waals surface area contributed by atoms with E-state index in [1.807, 2.05) is 6.92 Å². The van der Waals surface area contributed by atoms with Crippen molar-refractivity contribution in [1.82, 2.24) is 40.2 Å². The van der Waals surface area contributed by atoms with Crippen LogP contribution in [0.25, 0.3) is 0 Å². The van der Waals surface area contributed by atoms with Crippen molar-refractivity contribution in [1.29, 1.82) is 0 Å². The van der Waals surface area contributed by atoms with Crippen LogP contribution >= 0.6 is 0 Å². The Morgan fingerprint density at radius 3 is 1.77 bits per heavy atom. The second-order valence-corrected chi connectivity index (χ2v) is 15.9. The van der Waals surface area contributed by atoms with Crippen LogP contribution in [-0.2, 0) is 13.1 Å². The predicted molar refractivity (Wildman–Crippen MR) is 212 cm³/mol. The smallest absolute Gasteiger partial charge is 0.274 e. The van der Waals surface area contributed by atoms with Crippen LogP contribution in [0.15, 0.2) is 46.0 Å². The fraction of sp³-hybridized carbons (Fsp3) is 0.381. The number of aromatic hydroxyl groups is 1. The second-order valence-electron chi connectivity index (χ2n) is 15.9. The van der Waals surface area contributed by atoms with Gasteiger partial charge in [-0.1, -0.05) is 19.1 Å². The maximum atomic E-state index is 14.7. The van der Waals surface area contributed by atoms with Crippen LogP contribution in [-0.4, -0.2) is 87.6 Å². The summed E-state index contributed by atoms with van der Waals surface area (Å²) in [5, 5.41) is 22.6. The Labute approximate surface area is 350 Å². The Morgan fingerprint density at radius 2 is 1.24 bits per heavy atom. The van der Waals surface area contributed by atoms with Gasteiger partial charge < -0.3 is 44.7 Å². The van der Waals surface area contributed by atoms with Crippen LogP contribution < -0.4 is 36.9 Å². The van der Waals surface area contributed by atoms with Gasteiger partial charge in [-0.25, -0.2) is 17.6 Å². The molecule has 3 unspecified atom stereocenters. The minimum Gasteiger partial charge on any atom is -0.503 e. The van der Waals surface area contributed by atoms with E-state index >= 15 is 0 Å². The van der Waals surface area contributed by atoms with Crippen LogP contribution in [0.2, 0.25) is 0 Å². The summed E-state index contributed by atoms with van der Waals surface area (Å²) in [6, 6.07) is 3.12. The molecule has 326 valence electrons. The minimum absolute atomic E-state index is 0.00811. The molecule has 8 rings (SSSR count). The number of benzene rings is 2. The number of pyridine rings is 2. The number of rotatable bonds is 12. The van der Waals surface area contributed by atoms with Crippen molar-refractivity contribution in [2.75, 3.05) is 33.7 Å². The minimum atomic E-state index is -1.21. The van der Waals surface area contributed by atoms with Gasteiger partial charge in [0.1, 0.15) is 40.6 Å². The number of hydrogen-bond donors (Lipinski definition) is 5. The maximum Gasteiger partial charge on any atom is 0.274 e. The Bertz CT molecular complexity index is 2710. The fourth-order valence-corrected chi connectivity index (χ4v) is 9.16. The van der Waals surface area contributed by atoms with E-state index in [0.717, 1.165) is 24.3 Å². The molecule has 20 heteroatoms. The van der Waals surface area contributed by atoms with E-state index in [4.69, 9.17) is 4.74 Å². The van der Waals surface area contributed by atoms with E-state index in [0.29, 0.717) is 25.1 Å². The molecule has 4 amide bonds. The molecule has 16 nitrogen and oxygen atoms in total. The van der Waals surface area contributed by atoms with Gasteiger partial charge >= 0.3 is 0 Å². The van der Waals surface area contributed by atoms with E-state index in [9.17, 15) is 51.4 Å². The average molecular weight is 863 g/mol. The van der Waals surface area contributed by atoms with E-state index in [1.54, 1.807) is 11.6 Å². The third kappa shape index (κ3) is 7.05. The molecule has 0 spiro atoms. The Kier molecular flexibility index (Phi) is 10.9. The number of aromatic nitrogens is 2. The SMILES string of the molecule is CCN[C@@H]1CC2CN(C)C(=O)c3c(OC(C)N[C@H]4CC5CN(C)C(=O)c6c(O)c(=O)c(C(=O)NCc7ccc(F)cc7F)c4n65)c(=O)c(C(=O)NCc4ccc(F)cc4F)c1n32. The molecule has 4 aromatic rings. The standard InChI is InChI=1S/C42H42F4N8O8/c1-5-47-27-12-23-16-52(4)42(61)34-38(36(56)30(31(27)54(23)34)40(59)49-15-20-7-9-22(44)11-26(20)46)62-18(2)50-28-13-24-17-51(3)41(60)33-37(57)35(55)29(32(28)53(24)33)39(58)48-14-19-6-8-21(43)10-25(19)45/h6-11,18,23-24,27-28,47,50,57H,5,12-17H2,1-4H3,(H,48,58)(H,49,59)/t18?,23?,24?,27-,28+/m1/s1. The second kappa shape index (κ2) is 16.1. The Balaban J connectivity index is 1.17. The lowest BCUT2D eigenvalue weighted by molar-refractivity contribution is 0.0694. The summed E-state index contributed by atoms with van der Waals surface area (Å²) in [7, 11) is 3.05. The zero-order valence-electron chi connectivity index (χ0n) is 33.9. The molecule has 0 saturated heterocycles. The van der Waals surface area contributed by atoms with Crippen LogP contribution in [0.1, 0.15) is 115 Å². The molecule has 5 atom stereocenters. The van der Waals surface area contributed by atoms with E-state index in [2.05, 4.69) is 21.3 Å². The van der Waals surface area contributed by atoms with Crippen LogP contribution in [0.4, 0.5) is 17.6 Å². The van der Waals surface area contributed by atoms with Gasteiger partial charge in [0.15, 0.2) is 22.9 Å². The zero-order valence-corrected chi connectivity index (χ0v) is 33.9.